The fourth-order valence-corrected chi connectivity index (χ4v) is 1.01. The molecular formula is C8H9F2N3O. The Morgan fingerprint density at radius 1 is 1.57 bits per heavy atom. The first-order valence-corrected chi connectivity index (χ1v) is 3.78. The summed E-state index contributed by atoms with van der Waals surface area (Å²) in [4.78, 5) is 14.4. The van der Waals surface area contributed by atoms with Gasteiger partial charge in [0.25, 0.3) is 12.3 Å². The van der Waals surface area contributed by atoms with Gasteiger partial charge in [-0.1, -0.05) is 0 Å². The number of nitrogen functional groups attached to an aromatic ring is 1. The van der Waals surface area contributed by atoms with Crippen molar-refractivity contribution in [2.24, 2.45) is 5.73 Å². The number of nitrogens with zero attached hydrogens (tertiary/aromatic N) is 1. The Morgan fingerprint density at radius 2 is 2.14 bits per heavy atom. The summed E-state index contributed by atoms with van der Waals surface area (Å²) >= 11 is 0. The summed E-state index contributed by atoms with van der Waals surface area (Å²) in [5, 5.41) is 0. The van der Waals surface area contributed by atoms with Crippen molar-refractivity contribution in [2.75, 3.05) is 5.73 Å². The summed E-state index contributed by atoms with van der Waals surface area (Å²) in [6.45, 7) is 1.44. The molecule has 1 aromatic rings. The summed E-state index contributed by atoms with van der Waals surface area (Å²) in [7, 11) is 0. The average Bonchev–Trinajstić information content (AvgIpc) is 2.08. The number of rotatable bonds is 2. The minimum Gasteiger partial charge on any atom is -0.397 e. The minimum atomic E-state index is -2.74. The molecule has 0 radical (unpaired) electrons. The Kier molecular flexibility index (Phi) is 2.64. The van der Waals surface area contributed by atoms with Gasteiger partial charge in [-0.2, -0.15) is 0 Å². The lowest BCUT2D eigenvalue weighted by Gasteiger charge is -2.08. The Hall–Kier alpha value is -1.72. The van der Waals surface area contributed by atoms with Crippen LogP contribution >= 0.6 is 0 Å². The van der Waals surface area contributed by atoms with Gasteiger partial charge in [-0.3, -0.25) is 4.79 Å². The monoisotopic (exact) mass is 201 g/mol. The highest BCUT2D eigenvalue weighted by atomic mass is 19.3. The molecule has 0 aliphatic rings. The van der Waals surface area contributed by atoms with Gasteiger partial charge in [0.1, 0.15) is 5.69 Å². The van der Waals surface area contributed by atoms with Crippen LogP contribution in [0.2, 0.25) is 0 Å². The fourth-order valence-electron chi connectivity index (χ4n) is 1.01. The molecule has 0 atom stereocenters. The first kappa shape index (κ1) is 10.4. The molecule has 1 amide bonds. The van der Waals surface area contributed by atoms with Crippen LogP contribution in [0.4, 0.5) is 14.5 Å². The van der Waals surface area contributed by atoms with Crippen LogP contribution in [0.15, 0.2) is 6.07 Å². The van der Waals surface area contributed by atoms with E-state index < -0.39 is 17.9 Å². The predicted octanol–water partition coefficient (Wildman–Crippen LogP) is 1.01. The molecule has 14 heavy (non-hydrogen) atoms. The zero-order valence-corrected chi connectivity index (χ0v) is 7.42. The molecule has 4 nitrogen and oxygen atoms in total. The van der Waals surface area contributed by atoms with Crippen molar-refractivity contribution in [1.29, 1.82) is 0 Å². The van der Waals surface area contributed by atoms with Gasteiger partial charge in [0.2, 0.25) is 0 Å². The number of hydrogen-bond acceptors (Lipinski definition) is 3. The quantitative estimate of drug-likeness (QED) is 0.749. The van der Waals surface area contributed by atoms with Gasteiger partial charge in [0.05, 0.1) is 11.4 Å². The van der Waals surface area contributed by atoms with Crippen molar-refractivity contribution < 1.29 is 13.6 Å². The Labute approximate surface area is 78.9 Å². The second kappa shape index (κ2) is 3.57. The largest absolute Gasteiger partial charge is 0.397 e. The van der Waals surface area contributed by atoms with Crippen LogP contribution in [0.3, 0.4) is 0 Å². The van der Waals surface area contributed by atoms with E-state index in [9.17, 15) is 13.6 Å². The van der Waals surface area contributed by atoms with Gasteiger partial charge in [0, 0.05) is 5.56 Å². The highest BCUT2D eigenvalue weighted by Crippen LogP contribution is 2.26. The summed E-state index contributed by atoms with van der Waals surface area (Å²) in [5.74, 6) is -0.852. The van der Waals surface area contributed by atoms with E-state index in [1.807, 2.05) is 0 Å². The summed E-state index contributed by atoms with van der Waals surface area (Å²) in [6, 6.07) is 0.912. The molecule has 0 unspecified atom stereocenters. The molecule has 76 valence electrons. The minimum absolute atomic E-state index is 0.106. The third-order valence-electron chi connectivity index (χ3n) is 1.77. The average molecular weight is 201 g/mol. The molecule has 4 N–H and O–H groups in total. The van der Waals surface area contributed by atoms with Crippen molar-refractivity contribution in [3.63, 3.8) is 0 Å². The fraction of sp³-hybridized carbons (Fsp3) is 0.250. The number of carbonyl (C=O) groups is 1. The maximum absolute atomic E-state index is 12.4. The first-order valence-electron chi connectivity index (χ1n) is 3.78. The van der Waals surface area contributed by atoms with Crippen LogP contribution in [0.25, 0.3) is 0 Å². The number of amides is 1. The van der Waals surface area contributed by atoms with Crippen molar-refractivity contribution in [3.05, 3.63) is 23.0 Å². The molecule has 0 spiro atoms. The number of hydrogen-bond donors (Lipinski definition) is 2. The van der Waals surface area contributed by atoms with E-state index in [0.717, 1.165) is 6.07 Å². The van der Waals surface area contributed by atoms with Crippen LogP contribution in [0.5, 0.6) is 0 Å². The number of aryl methyl sites for hydroxylation is 1. The van der Waals surface area contributed by atoms with Crippen LogP contribution < -0.4 is 11.5 Å². The molecule has 0 aliphatic heterocycles. The second-order valence-electron chi connectivity index (χ2n) is 2.76. The highest BCUT2D eigenvalue weighted by molar-refractivity contribution is 5.91. The standard InChI is InChI=1S/C8H9F2N3O/c1-3-6(11)4(7(9)10)2-5(13-3)8(12)14/h2,7H,11H2,1H3,(H2,12,14). The number of nitrogens with two attached hydrogens (primary N) is 2. The molecule has 0 aromatic carbocycles. The molecule has 1 aromatic heterocycles. The maximum atomic E-state index is 12.4. The van der Waals surface area contributed by atoms with Crippen LogP contribution in [0, 0.1) is 6.92 Å². The van der Waals surface area contributed by atoms with Crippen LogP contribution in [-0.4, -0.2) is 10.9 Å². The number of halogens is 2. The van der Waals surface area contributed by atoms with Gasteiger partial charge in [-0.15, -0.1) is 0 Å². The molecular weight excluding hydrogens is 192 g/mol. The maximum Gasteiger partial charge on any atom is 0.267 e. The number of carbonyl (C=O) groups excluding carboxylic acids is 1. The normalized spacial score (nSPS) is 10.6. The van der Waals surface area contributed by atoms with Crippen molar-refractivity contribution >= 4 is 11.6 Å². The SMILES string of the molecule is Cc1nc(C(N)=O)cc(C(F)F)c1N. The van der Waals surface area contributed by atoms with E-state index in [2.05, 4.69) is 4.98 Å². The number of pyridine rings is 1. The van der Waals surface area contributed by atoms with Gasteiger partial charge < -0.3 is 11.5 Å². The van der Waals surface area contributed by atoms with Gasteiger partial charge in [-0.05, 0) is 13.0 Å². The molecule has 6 heteroatoms. The van der Waals surface area contributed by atoms with E-state index in [0.29, 0.717) is 0 Å². The van der Waals surface area contributed by atoms with E-state index in [1.165, 1.54) is 6.92 Å². The number of anilines is 1. The zero-order valence-electron chi connectivity index (χ0n) is 7.42. The van der Waals surface area contributed by atoms with Crippen LogP contribution in [0.1, 0.15) is 28.2 Å². The van der Waals surface area contributed by atoms with E-state index in [1.54, 1.807) is 0 Å². The van der Waals surface area contributed by atoms with E-state index in [4.69, 9.17) is 11.5 Å². The zero-order chi connectivity index (χ0) is 10.9. The Bertz CT molecular complexity index is 379. The molecule has 0 saturated carbocycles. The van der Waals surface area contributed by atoms with Crippen LogP contribution in [-0.2, 0) is 0 Å². The van der Waals surface area contributed by atoms with E-state index in [-0.39, 0.29) is 17.1 Å². The number of alkyl halides is 2. The lowest BCUT2D eigenvalue weighted by atomic mass is 10.1. The number of aromatic nitrogens is 1. The molecule has 0 bridgehead atoms. The number of primary amides is 1. The lowest BCUT2D eigenvalue weighted by molar-refractivity contribution is 0.0995. The summed E-state index contributed by atoms with van der Waals surface area (Å²) < 4.78 is 24.8. The van der Waals surface area contributed by atoms with Crippen molar-refractivity contribution in [2.45, 2.75) is 13.3 Å². The van der Waals surface area contributed by atoms with Gasteiger partial charge in [0.15, 0.2) is 0 Å². The first-order chi connectivity index (χ1) is 6.43. The molecule has 1 rings (SSSR count). The second-order valence-corrected chi connectivity index (χ2v) is 2.76. The smallest absolute Gasteiger partial charge is 0.267 e. The molecule has 0 fully saturated rings. The topological polar surface area (TPSA) is 82.0 Å². The third kappa shape index (κ3) is 1.78. The predicted molar refractivity (Wildman–Crippen MR) is 46.9 cm³/mol. The summed E-state index contributed by atoms with van der Waals surface area (Å²) in [6.07, 6.45) is -2.74. The lowest BCUT2D eigenvalue weighted by Crippen LogP contribution is -2.15. The molecule has 1 heterocycles. The Balaban J connectivity index is 3.35. The highest BCUT2D eigenvalue weighted by Gasteiger charge is 2.16. The van der Waals surface area contributed by atoms with Gasteiger partial charge in [-0.25, -0.2) is 13.8 Å². The Morgan fingerprint density at radius 3 is 2.57 bits per heavy atom. The summed E-state index contributed by atoms with van der Waals surface area (Å²) in [5.41, 5.74) is 9.73. The van der Waals surface area contributed by atoms with E-state index >= 15 is 0 Å². The molecule has 0 saturated heterocycles. The van der Waals surface area contributed by atoms with Crippen molar-refractivity contribution in [1.82, 2.24) is 4.98 Å². The van der Waals surface area contributed by atoms with Crippen molar-refractivity contribution in [3.8, 4) is 0 Å². The van der Waals surface area contributed by atoms with Gasteiger partial charge >= 0.3 is 0 Å². The molecule has 0 aliphatic carbocycles. The third-order valence-corrected chi connectivity index (χ3v) is 1.77.